The van der Waals surface area contributed by atoms with Gasteiger partial charge >= 0.3 is 0 Å². The van der Waals surface area contributed by atoms with Crippen molar-refractivity contribution in [3.05, 3.63) is 29.3 Å². The van der Waals surface area contributed by atoms with Crippen molar-refractivity contribution in [2.24, 2.45) is 5.73 Å². The van der Waals surface area contributed by atoms with Crippen LogP contribution < -0.4 is 11.1 Å². The van der Waals surface area contributed by atoms with Gasteiger partial charge in [0.25, 0.3) is 0 Å². The Kier molecular flexibility index (Phi) is 7.28. The van der Waals surface area contributed by atoms with Gasteiger partial charge in [0.15, 0.2) is 0 Å². The van der Waals surface area contributed by atoms with Crippen molar-refractivity contribution in [1.29, 1.82) is 0 Å². The second kappa shape index (κ2) is 8.49. The van der Waals surface area contributed by atoms with Crippen LogP contribution in [0.25, 0.3) is 0 Å². The molecule has 1 aliphatic rings. The molecule has 1 saturated heterocycles. The molecule has 23 heavy (non-hydrogen) atoms. The monoisotopic (exact) mass is 361 g/mol. The summed E-state index contributed by atoms with van der Waals surface area (Å²) in [5.41, 5.74) is 5.78. The second-order valence-corrected chi connectivity index (χ2v) is 5.92. The molecule has 1 aromatic carbocycles. The van der Waals surface area contributed by atoms with E-state index in [1.165, 1.54) is 4.90 Å². The average molecular weight is 362 g/mol. The summed E-state index contributed by atoms with van der Waals surface area (Å²) in [7, 11) is 1.57. The predicted octanol–water partition coefficient (Wildman–Crippen LogP) is 1.67. The fourth-order valence-electron chi connectivity index (χ4n) is 2.38. The van der Waals surface area contributed by atoms with E-state index in [0.717, 1.165) is 0 Å². The van der Waals surface area contributed by atoms with Gasteiger partial charge < -0.3 is 20.7 Å². The summed E-state index contributed by atoms with van der Waals surface area (Å²) in [6.45, 7) is 0.862. The van der Waals surface area contributed by atoms with Crippen LogP contribution in [0.5, 0.6) is 0 Å². The number of carbonyl (C=O) groups excluding carboxylic acids is 2. The number of halogens is 2. The number of nitrogens with one attached hydrogen (secondary N) is 1. The molecule has 1 aromatic rings. The van der Waals surface area contributed by atoms with Gasteiger partial charge in [-0.3, -0.25) is 9.59 Å². The Morgan fingerprint density at radius 1 is 1.39 bits per heavy atom. The van der Waals surface area contributed by atoms with E-state index < -0.39 is 5.54 Å². The Bertz CT molecular complexity index is 563. The molecule has 0 atom stereocenters. The first-order valence-electron chi connectivity index (χ1n) is 7.08. The first kappa shape index (κ1) is 19.7. The number of amides is 2. The Hall–Kier alpha value is -1.34. The third-order valence-corrected chi connectivity index (χ3v) is 3.88. The molecule has 0 saturated carbocycles. The fraction of sp³-hybridized carbons (Fsp3) is 0.467. The van der Waals surface area contributed by atoms with Crippen LogP contribution in [0, 0.1) is 0 Å². The quantitative estimate of drug-likeness (QED) is 0.853. The predicted molar refractivity (Wildman–Crippen MR) is 91.9 cm³/mol. The first-order valence-corrected chi connectivity index (χ1v) is 7.46. The Morgan fingerprint density at radius 2 is 2.04 bits per heavy atom. The highest BCUT2D eigenvalue weighted by atomic mass is 35.5. The highest BCUT2D eigenvalue weighted by Gasteiger charge is 2.38. The molecule has 8 heteroatoms. The lowest BCUT2D eigenvalue weighted by molar-refractivity contribution is -0.141. The summed E-state index contributed by atoms with van der Waals surface area (Å²) in [4.78, 5) is 25.8. The third kappa shape index (κ3) is 5.35. The lowest BCUT2D eigenvalue weighted by Gasteiger charge is -2.35. The van der Waals surface area contributed by atoms with Crippen LogP contribution in [0.1, 0.15) is 12.8 Å². The molecule has 2 amide bonds. The SMILES string of the molecule is CN(CC(=O)Nc1cccc(Cl)c1)C(=O)C1(N)CCOCC1.Cl. The van der Waals surface area contributed by atoms with Crippen LogP contribution in [0.15, 0.2) is 24.3 Å². The van der Waals surface area contributed by atoms with E-state index in [1.807, 2.05) is 0 Å². The number of nitrogens with two attached hydrogens (primary N) is 1. The van der Waals surface area contributed by atoms with E-state index in [-0.39, 0.29) is 30.8 Å². The minimum atomic E-state index is -0.941. The van der Waals surface area contributed by atoms with Gasteiger partial charge in [0.2, 0.25) is 11.8 Å². The largest absolute Gasteiger partial charge is 0.381 e. The maximum atomic E-state index is 12.4. The standard InChI is InChI=1S/C15H20ClN3O3.ClH/c1-19(14(21)15(17)5-7-22-8-6-15)10-13(20)18-12-4-2-3-11(16)9-12;/h2-4,9H,5-8,10,17H2,1H3,(H,18,20);1H. The summed E-state index contributed by atoms with van der Waals surface area (Å²) >= 11 is 5.86. The number of anilines is 1. The number of ether oxygens (including phenoxy) is 1. The minimum absolute atomic E-state index is 0. The lowest BCUT2D eigenvalue weighted by atomic mass is 9.90. The van der Waals surface area contributed by atoms with Crippen molar-refractivity contribution in [2.75, 3.05) is 32.1 Å². The molecule has 1 aliphatic heterocycles. The van der Waals surface area contributed by atoms with Crippen molar-refractivity contribution in [2.45, 2.75) is 18.4 Å². The molecule has 0 bridgehead atoms. The van der Waals surface area contributed by atoms with Crippen molar-refractivity contribution in [3.8, 4) is 0 Å². The van der Waals surface area contributed by atoms with Crippen LogP contribution in [0.2, 0.25) is 5.02 Å². The van der Waals surface area contributed by atoms with Crippen LogP contribution in [0.3, 0.4) is 0 Å². The topological polar surface area (TPSA) is 84.7 Å². The molecule has 0 aliphatic carbocycles. The van der Waals surface area contributed by atoms with Crippen molar-refractivity contribution in [3.63, 3.8) is 0 Å². The van der Waals surface area contributed by atoms with E-state index >= 15 is 0 Å². The first-order chi connectivity index (χ1) is 10.4. The van der Waals surface area contributed by atoms with Crippen LogP contribution in [-0.2, 0) is 14.3 Å². The van der Waals surface area contributed by atoms with Gasteiger partial charge in [0, 0.05) is 31.0 Å². The summed E-state index contributed by atoms with van der Waals surface area (Å²) in [5, 5.41) is 3.23. The second-order valence-electron chi connectivity index (χ2n) is 5.49. The molecule has 6 nitrogen and oxygen atoms in total. The summed E-state index contributed by atoms with van der Waals surface area (Å²) in [6, 6.07) is 6.83. The molecule has 0 unspecified atom stereocenters. The van der Waals surface area contributed by atoms with Crippen LogP contribution in [0.4, 0.5) is 5.69 Å². The highest BCUT2D eigenvalue weighted by Crippen LogP contribution is 2.20. The summed E-state index contributed by atoms with van der Waals surface area (Å²) in [6.07, 6.45) is 0.929. The molecule has 1 fully saturated rings. The van der Waals surface area contributed by atoms with Gasteiger partial charge in [-0.05, 0) is 31.0 Å². The minimum Gasteiger partial charge on any atom is -0.381 e. The summed E-state index contributed by atoms with van der Waals surface area (Å²) < 4.78 is 5.22. The normalized spacial score (nSPS) is 16.1. The number of rotatable bonds is 4. The molecule has 0 spiro atoms. The Balaban J connectivity index is 0.00000264. The van der Waals surface area contributed by atoms with E-state index in [0.29, 0.717) is 36.8 Å². The van der Waals surface area contributed by atoms with Gasteiger partial charge in [-0.15, -0.1) is 12.4 Å². The number of benzene rings is 1. The summed E-state index contributed by atoms with van der Waals surface area (Å²) in [5.74, 6) is -0.536. The Morgan fingerprint density at radius 3 is 2.65 bits per heavy atom. The number of hydrogen-bond donors (Lipinski definition) is 2. The van der Waals surface area contributed by atoms with Crippen molar-refractivity contribution >= 4 is 41.5 Å². The maximum Gasteiger partial charge on any atom is 0.243 e. The van der Waals surface area contributed by atoms with Gasteiger partial charge in [-0.1, -0.05) is 17.7 Å². The molecule has 2 rings (SSSR count). The smallest absolute Gasteiger partial charge is 0.243 e. The molecule has 0 aromatic heterocycles. The maximum absolute atomic E-state index is 12.4. The van der Waals surface area contributed by atoms with Gasteiger partial charge in [0.1, 0.15) is 0 Å². The molecule has 1 heterocycles. The average Bonchev–Trinajstić information content (AvgIpc) is 2.47. The van der Waals surface area contributed by atoms with E-state index in [4.69, 9.17) is 22.1 Å². The van der Waals surface area contributed by atoms with Crippen LogP contribution >= 0.6 is 24.0 Å². The molecular formula is C15H21Cl2N3O3. The van der Waals surface area contributed by atoms with Gasteiger partial charge in [-0.2, -0.15) is 0 Å². The lowest BCUT2D eigenvalue weighted by Crippen LogP contribution is -2.58. The number of hydrogen-bond acceptors (Lipinski definition) is 4. The molecule has 0 radical (unpaired) electrons. The number of nitrogens with zero attached hydrogens (tertiary/aromatic N) is 1. The third-order valence-electron chi connectivity index (χ3n) is 3.65. The molecule has 3 N–H and O–H groups in total. The van der Waals surface area contributed by atoms with Crippen molar-refractivity contribution in [1.82, 2.24) is 4.90 Å². The van der Waals surface area contributed by atoms with E-state index in [2.05, 4.69) is 5.32 Å². The van der Waals surface area contributed by atoms with Gasteiger partial charge in [0.05, 0.1) is 12.1 Å². The van der Waals surface area contributed by atoms with E-state index in [1.54, 1.807) is 31.3 Å². The van der Waals surface area contributed by atoms with Gasteiger partial charge in [-0.25, -0.2) is 0 Å². The number of likely N-dealkylation sites (N-methyl/N-ethyl adjacent to an activating group) is 1. The molecule has 128 valence electrons. The Labute approximate surface area is 146 Å². The van der Waals surface area contributed by atoms with Crippen molar-refractivity contribution < 1.29 is 14.3 Å². The molecular weight excluding hydrogens is 341 g/mol. The highest BCUT2D eigenvalue weighted by molar-refractivity contribution is 6.30. The van der Waals surface area contributed by atoms with E-state index in [9.17, 15) is 9.59 Å². The zero-order valence-corrected chi connectivity index (χ0v) is 14.5. The zero-order chi connectivity index (χ0) is 16.2. The number of carbonyl (C=O) groups is 2. The van der Waals surface area contributed by atoms with Crippen LogP contribution in [-0.4, -0.2) is 49.1 Å². The zero-order valence-electron chi connectivity index (χ0n) is 12.9. The fourth-order valence-corrected chi connectivity index (χ4v) is 2.57.